The molecule has 1 atom stereocenters. The molecule has 1 amide bonds. The molecule has 4 rings (SSSR count). The molecule has 1 heterocycles. The van der Waals surface area contributed by atoms with Crippen LogP contribution in [0.25, 0.3) is 0 Å². The molecule has 0 bridgehead atoms. The van der Waals surface area contributed by atoms with E-state index in [0.717, 1.165) is 34.4 Å². The molecule has 194 valence electrons. The van der Waals surface area contributed by atoms with Crippen LogP contribution in [0.4, 0.5) is 5.69 Å². The van der Waals surface area contributed by atoms with Crippen molar-refractivity contribution in [2.45, 2.75) is 46.1 Å². The van der Waals surface area contributed by atoms with Crippen LogP contribution in [0.1, 0.15) is 58.4 Å². The summed E-state index contributed by atoms with van der Waals surface area (Å²) in [7, 11) is 0. The largest absolute Gasteiger partial charge is 0.360 e. The van der Waals surface area contributed by atoms with Gasteiger partial charge in [0.15, 0.2) is 0 Å². The van der Waals surface area contributed by atoms with Crippen molar-refractivity contribution in [1.82, 2.24) is 4.90 Å². The molecule has 3 aromatic rings. The average Bonchev–Trinajstić information content (AvgIpc) is 2.84. The van der Waals surface area contributed by atoms with Crippen molar-refractivity contribution in [3.05, 3.63) is 97.5 Å². The summed E-state index contributed by atoms with van der Waals surface area (Å²) in [6.07, 6.45) is 1.82. The Morgan fingerprint density at radius 1 is 0.892 bits per heavy atom. The van der Waals surface area contributed by atoms with Crippen LogP contribution in [0.2, 0.25) is 15.1 Å². The van der Waals surface area contributed by atoms with Crippen molar-refractivity contribution in [1.29, 1.82) is 0 Å². The standard InChI is InChI=1S/C30H31Cl3N2O2/c1-4-5-25(36)16-21-14-19(2)29(20(3)15-21)30(37)34-12-13-35(27-11-10-24(32)17-26(27)33)28(18-34)22-6-8-23(31)9-7-22/h6-11,14-15,17,28H,4-5,12-13,16,18H2,1-3H3/t28-/m0/s1. The third-order valence-electron chi connectivity index (χ3n) is 6.88. The first-order valence-electron chi connectivity index (χ1n) is 12.6. The van der Waals surface area contributed by atoms with Crippen molar-refractivity contribution < 1.29 is 9.59 Å². The summed E-state index contributed by atoms with van der Waals surface area (Å²) in [6.45, 7) is 7.58. The smallest absolute Gasteiger partial charge is 0.254 e. The van der Waals surface area contributed by atoms with Crippen LogP contribution in [0.3, 0.4) is 0 Å². The van der Waals surface area contributed by atoms with Crippen LogP contribution in [0.15, 0.2) is 54.6 Å². The van der Waals surface area contributed by atoms with E-state index in [-0.39, 0.29) is 17.7 Å². The zero-order valence-electron chi connectivity index (χ0n) is 21.4. The van der Waals surface area contributed by atoms with Crippen LogP contribution >= 0.6 is 34.8 Å². The Morgan fingerprint density at radius 2 is 1.54 bits per heavy atom. The fourth-order valence-electron chi connectivity index (χ4n) is 5.19. The summed E-state index contributed by atoms with van der Waals surface area (Å²) >= 11 is 18.9. The number of Topliss-reactive ketones (excluding diaryl/α,β-unsaturated/α-hetero) is 1. The number of anilines is 1. The van der Waals surface area contributed by atoms with Gasteiger partial charge < -0.3 is 9.80 Å². The minimum atomic E-state index is -0.111. The molecule has 0 aromatic heterocycles. The molecule has 0 aliphatic carbocycles. The molecule has 0 N–H and O–H groups in total. The van der Waals surface area contributed by atoms with Crippen molar-refractivity contribution in [2.24, 2.45) is 0 Å². The number of amides is 1. The van der Waals surface area contributed by atoms with E-state index in [0.29, 0.717) is 53.1 Å². The van der Waals surface area contributed by atoms with Gasteiger partial charge in [0, 0.05) is 48.1 Å². The fraction of sp³-hybridized carbons (Fsp3) is 0.333. The molecule has 1 saturated heterocycles. The molecule has 1 aliphatic rings. The number of aryl methyl sites for hydroxylation is 2. The predicted octanol–water partition coefficient (Wildman–Crippen LogP) is 7.88. The highest BCUT2D eigenvalue weighted by Gasteiger charge is 2.33. The predicted molar refractivity (Wildman–Crippen MR) is 153 cm³/mol. The van der Waals surface area contributed by atoms with Gasteiger partial charge in [-0.25, -0.2) is 0 Å². The maximum Gasteiger partial charge on any atom is 0.254 e. The first-order valence-corrected chi connectivity index (χ1v) is 13.7. The van der Waals surface area contributed by atoms with Gasteiger partial charge in [-0.15, -0.1) is 0 Å². The van der Waals surface area contributed by atoms with Crippen molar-refractivity contribution in [2.75, 3.05) is 24.5 Å². The molecular weight excluding hydrogens is 527 g/mol. The Labute approximate surface area is 234 Å². The molecule has 0 unspecified atom stereocenters. The number of rotatable bonds is 7. The second-order valence-corrected chi connectivity index (χ2v) is 11.0. The number of ketones is 1. The number of halogens is 3. The van der Waals surface area contributed by atoms with E-state index in [2.05, 4.69) is 4.90 Å². The number of hydrogen-bond acceptors (Lipinski definition) is 3. The fourth-order valence-corrected chi connectivity index (χ4v) is 5.83. The average molecular weight is 558 g/mol. The van der Waals surface area contributed by atoms with Crippen molar-refractivity contribution in [3.63, 3.8) is 0 Å². The number of carbonyl (C=O) groups is 2. The Balaban J connectivity index is 1.63. The van der Waals surface area contributed by atoms with Gasteiger partial charge in [-0.2, -0.15) is 0 Å². The van der Waals surface area contributed by atoms with E-state index in [9.17, 15) is 9.59 Å². The van der Waals surface area contributed by atoms with Crippen molar-refractivity contribution in [3.8, 4) is 0 Å². The summed E-state index contributed by atoms with van der Waals surface area (Å²) in [4.78, 5) is 30.2. The first-order chi connectivity index (χ1) is 17.7. The number of benzene rings is 3. The molecule has 37 heavy (non-hydrogen) atoms. The highest BCUT2D eigenvalue weighted by atomic mass is 35.5. The Morgan fingerprint density at radius 3 is 2.16 bits per heavy atom. The molecule has 7 heteroatoms. The van der Waals surface area contributed by atoms with Crippen LogP contribution < -0.4 is 4.90 Å². The molecule has 1 aliphatic heterocycles. The number of piperazine rings is 1. The summed E-state index contributed by atoms with van der Waals surface area (Å²) in [5.74, 6) is 0.227. The Bertz CT molecular complexity index is 1280. The second-order valence-electron chi connectivity index (χ2n) is 9.68. The summed E-state index contributed by atoms with van der Waals surface area (Å²) < 4.78 is 0. The van der Waals surface area contributed by atoms with Gasteiger partial charge in [-0.1, -0.05) is 66.0 Å². The van der Waals surface area contributed by atoms with Gasteiger partial charge >= 0.3 is 0 Å². The normalized spacial score (nSPS) is 15.7. The van der Waals surface area contributed by atoms with Gasteiger partial charge in [0.1, 0.15) is 5.78 Å². The highest BCUT2D eigenvalue weighted by molar-refractivity contribution is 6.36. The van der Waals surface area contributed by atoms with Crippen LogP contribution in [0.5, 0.6) is 0 Å². The van der Waals surface area contributed by atoms with Crippen LogP contribution in [0, 0.1) is 13.8 Å². The van der Waals surface area contributed by atoms with Crippen LogP contribution in [-0.4, -0.2) is 36.2 Å². The van der Waals surface area contributed by atoms with Gasteiger partial charge in [-0.3, -0.25) is 9.59 Å². The van der Waals surface area contributed by atoms with Gasteiger partial charge in [0.25, 0.3) is 5.91 Å². The lowest BCUT2D eigenvalue weighted by atomic mass is 9.94. The molecule has 3 aromatic carbocycles. The van der Waals surface area contributed by atoms with Crippen LogP contribution in [-0.2, 0) is 11.2 Å². The Kier molecular flexibility index (Phi) is 8.84. The first kappa shape index (κ1) is 27.5. The molecule has 0 spiro atoms. The molecular formula is C30H31Cl3N2O2. The molecule has 0 saturated carbocycles. The minimum absolute atomic E-state index is 0.00208. The van der Waals surface area contributed by atoms with E-state index in [1.807, 2.05) is 74.2 Å². The summed E-state index contributed by atoms with van der Waals surface area (Å²) in [6, 6.07) is 17.1. The minimum Gasteiger partial charge on any atom is -0.360 e. The lowest BCUT2D eigenvalue weighted by Gasteiger charge is -2.43. The third kappa shape index (κ3) is 6.31. The van der Waals surface area contributed by atoms with E-state index in [1.165, 1.54) is 0 Å². The van der Waals surface area contributed by atoms with Gasteiger partial charge in [0.2, 0.25) is 0 Å². The third-order valence-corrected chi connectivity index (χ3v) is 7.67. The zero-order chi connectivity index (χ0) is 26.7. The lowest BCUT2D eigenvalue weighted by Crippen LogP contribution is -2.51. The highest BCUT2D eigenvalue weighted by Crippen LogP contribution is 2.37. The lowest BCUT2D eigenvalue weighted by molar-refractivity contribution is -0.118. The topological polar surface area (TPSA) is 40.6 Å². The van der Waals surface area contributed by atoms with Gasteiger partial charge in [0.05, 0.1) is 16.8 Å². The zero-order valence-corrected chi connectivity index (χ0v) is 23.6. The maximum atomic E-state index is 13.8. The van der Waals surface area contributed by atoms with E-state index in [1.54, 1.807) is 6.07 Å². The molecule has 4 nitrogen and oxygen atoms in total. The number of nitrogens with zero attached hydrogens (tertiary/aromatic N) is 2. The number of carbonyl (C=O) groups excluding carboxylic acids is 2. The number of hydrogen-bond donors (Lipinski definition) is 0. The monoisotopic (exact) mass is 556 g/mol. The summed E-state index contributed by atoms with van der Waals surface area (Å²) in [5, 5.41) is 1.81. The van der Waals surface area contributed by atoms with E-state index in [4.69, 9.17) is 34.8 Å². The quantitative estimate of drug-likeness (QED) is 0.297. The Hall–Kier alpha value is -2.53. The second kappa shape index (κ2) is 11.9. The summed E-state index contributed by atoms with van der Waals surface area (Å²) in [5.41, 5.74) is 5.40. The van der Waals surface area contributed by atoms with Crippen molar-refractivity contribution >= 4 is 52.2 Å². The molecule has 0 radical (unpaired) electrons. The van der Waals surface area contributed by atoms with E-state index < -0.39 is 0 Å². The SMILES string of the molecule is CCCC(=O)Cc1cc(C)c(C(=O)N2CCN(c3ccc(Cl)cc3Cl)[C@H](c3ccc(Cl)cc3)C2)c(C)c1. The van der Waals surface area contributed by atoms with Gasteiger partial charge in [-0.05, 0) is 72.9 Å². The van der Waals surface area contributed by atoms with E-state index >= 15 is 0 Å². The molecule has 1 fully saturated rings. The maximum absolute atomic E-state index is 13.8.